The maximum Gasteiger partial charge on any atom is 0.319 e. The number of hydrogen-bond acceptors (Lipinski definition) is 12. The van der Waals surface area contributed by atoms with Gasteiger partial charge in [0.1, 0.15) is 28.7 Å². The summed E-state index contributed by atoms with van der Waals surface area (Å²) in [5.41, 5.74) is 7.47. The van der Waals surface area contributed by atoms with Gasteiger partial charge in [-0.05, 0) is 79.5 Å². The van der Waals surface area contributed by atoms with Crippen molar-refractivity contribution in [2.24, 2.45) is 0 Å². The normalized spacial score (nSPS) is 25.9. The maximum absolute atomic E-state index is 12.6. The molecular weight excluding hydrogens is 590 g/mol. The zero-order valence-electron chi connectivity index (χ0n) is 26.6. The highest BCUT2D eigenvalue weighted by molar-refractivity contribution is 7.16. The number of ether oxygens (including phenoxy) is 1. The smallest absolute Gasteiger partial charge is 0.319 e. The molecule has 5 heterocycles. The molecule has 45 heavy (non-hydrogen) atoms. The minimum atomic E-state index is -0.645. The fourth-order valence-electron chi connectivity index (χ4n) is 7.43. The van der Waals surface area contributed by atoms with Crippen LogP contribution in [0.4, 0.5) is 10.8 Å². The molecule has 12 nitrogen and oxygen atoms in total. The summed E-state index contributed by atoms with van der Waals surface area (Å²) in [5, 5.41) is 14.8. The number of rotatable bonds is 7. The highest BCUT2D eigenvalue weighted by atomic mass is 32.1. The van der Waals surface area contributed by atoms with Crippen LogP contribution in [0, 0.1) is 11.3 Å². The number of carbonyl (C=O) groups is 1. The molecule has 3 aromatic rings. The Hall–Kier alpha value is -4.02. The first kappa shape index (κ1) is 31.0. The van der Waals surface area contributed by atoms with Gasteiger partial charge >= 0.3 is 6.01 Å². The summed E-state index contributed by atoms with van der Waals surface area (Å²) >= 11 is 1.47. The molecular formula is C32H41N9O3S. The van der Waals surface area contributed by atoms with Crippen molar-refractivity contribution in [2.45, 2.75) is 89.4 Å². The van der Waals surface area contributed by atoms with Crippen LogP contribution in [0.1, 0.15) is 75.3 Å². The largest absolute Gasteiger partial charge is 0.459 e. The van der Waals surface area contributed by atoms with Gasteiger partial charge < -0.3 is 24.8 Å². The lowest BCUT2D eigenvalue weighted by molar-refractivity contribution is -0.130. The van der Waals surface area contributed by atoms with Crippen molar-refractivity contribution in [3.8, 4) is 23.6 Å². The Bertz CT molecular complexity index is 1630. The summed E-state index contributed by atoms with van der Waals surface area (Å²) < 4.78 is 12.3. The molecule has 5 atom stereocenters. The minimum Gasteiger partial charge on any atom is -0.459 e. The first-order valence-corrected chi connectivity index (χ1v) is 16.5. The quantitative estimate of drug-likeness (QED) is 0.375. The molecule has 0 radical (unpaired) electrons. The lowest BCUT2D eigenvalue weighted by atomic mass is 9.72. The third-order valence-corrected chi connectivity index (χ3v) is 10.7. The minimum absolute atomic E-state index is 0.0577. The predicted molar refractivity (Wildman–Crippen MR) is 172 cm³/mol. The van der Waals surface area contributed by atoms with E-state index in [9.17, 15) is 10.1 Å². The Morgan fingerprint density at radius 3 is 2.71 bits per heavy atom. The van der Waals surface area contributed by atoms with Gasteiger partial charge in [-0.2, -0.15) is 20.2 Å². The zero-order chi connectivity index (χ0) is 32.0. The van der Waals surface area contributed by atoms with Gasteiger partial charge in [0.15, 0.2) is 0 Å². The van der Waals surface area contributed by atoms with E-state index >= 15 is 0 Å². The predicted octanol–water partition coefficient (Wildman–Crippen LogP) is 4.16. The van der Waals surface area contributed by atoms with Crippen molar-refractivity contribution in [3.63, 3.8) is 0 Å². The molecule has 2 saturated heterocycles. The van der Waals surface area contributed by atoms with Crippen LogP contribution in [0.2, 0.25) is 0 Å². The van der Waals surface area contributed by atoms with Crippen molar-refractivity contribution in [2.75, 3.05) is 37.3 Å². The molecule has 0 spiro atoms. The summed E-state index contributed by atoms with van der Waals surface area (Å²) in [6.07, 6.45) is 5.96. The Morgan fingerprint density at radius 2 is 2.04 bits per heavy atom. The van der Waals surface area contributed by atoms with Crippen LogP contribution in [0.5, 0.6) is 6.01 Å². The fourth-order valence-corrected chi connectivity index (χ4v) is 8.62. The summed E-state index contributed by atoms with van der Waals surface area (Å²) in [6.45, 7) is 14.0. The number of thiophene rings is 1. The number of nitriles is 1. The highest BCUT2D eigenvalue weighted by Crippen LogP contribution is 2.48. The molecule has 3 aromatic heterocycles. The van der Waals surface area contributed by atoms with E-state index in [4.69, 9.17) is 29.9 Å². The number of fused-ring (bicyclic) bond motifs is 1. The third-order valence-electron chi connectivity index (χ3n) is 9.65. The Balaban J connectivity index is 1.37. The average Bonchev–Trinajstić information content (AvgIpc) is 3.75. The van der Waals surface area contributed by atoms with E-state index in [1.165, 1.54) is 17.4 Å². The molecule has 0 bridgehead atoms. The molecule has 2 N–H and O–H groups in total. The van der Waals surface area contributed by atoms with Crippen molar-refractivity contribution in [3.05, 3.63) is 40.6 Å². The second-order valence-corrected chi connectivity index (χ2v) is 14.0. The van der Waals surface area contributed by atoms with Gasteiger partial charge in [-0.3, -0.25) is 9.69 Å². The number of likely N-dealkylation sites (N-methyl/N-ethyl adjacent to an activating group) is 1. The number of aromatic nitrogens is 4. The number of amides is 1. The van der Waals surface area contributed by atoms with Gasteiger partial charge in [0, 0.05) is 47.7 Å². The highest BCUT2D eigenvalue weighted by Gasteiger charge is 2.43. The van der Waals surface area contributed by atoms with Crippen molar-refractivity contribution < 1.29 is 14.1 Å². The number of nitrogens with two attached hydrogens (primary N) is 1. The van der Waals surface area contributed by atoms with Gasteiger partial charge in [-0.25, -0.2) is 0 Å². The van der Waals surface area contributed by atoms with Crippen molar-refractivity contribution in [1.29, 1.82) is 5.26 Å². The number of hydrogen-bond donors (Lipinski definition) is 1. The summed E-state index contributed by atoms with van der Waals surface area (Å²) in [5.74, 6) is 1.33. The molecule has 0 aromatic carbocycles. The summed E-state index contributed by atoms with van der Waals surface area (Å²) in [4.78, 5) is 34.5. The molecule has 0 unspecified atom stereocenters. The number of carbonyl (C=O) groups excluding carboxylic acids is 1. The lowest BCUT2D eigenvalue weighted by Gasteiger charge is -2.44. The molecule has 2 fully saturated rings. The van der Waals surface area contributed by atoms with Gasteiger partial charge in [0.2, 0.25) is 17.6 Å². The second-order valence-electron chi connectivity index (χ2n) is 12.8. The van der Waals surface area contributed by atoms with Crippen molar-refractivity contribution in [1.82, 2.24) is 29.9 Å². The monoisotopic (exact) mass is 631 g/mol. The molecule has 238 valence electrons. The van der Waals surface area contributed by atoms with E-state index in [2.05, 4.69) is 41.6 Å². The molecule has 3 aliphatic rings. The van der Waals surface area contributed by atoms with E-state index in [0.717, 1.165) is 49.1 Å². The Kier molecular flexibility index (Phi) is 8.30. The third kappa shape index (κ3) is 5.55. The molecule has 1 amide bonds. The van der Waals surface area contributed by atoms with E-state index < -0.39 is 5.41 Å². The number of piperazine rings is 1. The molecule has 2 aliphatic heterocycles. The number of aryl methyl sites for hydroxylation is 1. The van der Waals surface area contributed by atoms with Gasteiger partial charge in [0.25, 0.3) is 0 Å². The number of anilines is 2. The fraction of sp³-hybridized carbons (Fsp3) is 0.562. The number of likely N-dealkylation sites (tertiary alicyclic amines) is 1. The van der Waals surface area contributed by atoms with Crippen LogP contribution < -0.4 is 15.4 Å². The average molecular weight is 632 g/mol. The molecule has 1 aliphatic carbocycles. The number of nitrogen functional groups attached to an aromatic ring is 1. The summed E-state index contributed by atoms with van der Waals surface area (Å²) in [6, 6.07) is 4.55. The number of nitrogens with zero attached hydrogens (tertiary/aromatic N) is 8. The van der Waals surface area contributed by atoms with Crippen LogP contribution in [0.15, 0.2) is 23.2 Å². The van der Waals surface area contributed by atoms with Gasteiger partial charge in [-0.15, -0.1) is 11.3 Å². The Labute approximate surface area is 267 Å². The first-order chi connectivity index (χ1) is 21.5. The Morgan fingerprint density at radius 1 is 1.29 bits per heavy atom. The van der Waals surface area contributed by atoms with Gasteiger partial charge in [0.05, 0.1) is 11.0 Å². The van der Waals surface area contributed by atoms with E-state index in [0.29, 0.717) is 46.9 Å². The van der Waals surface area contributed by atoms with Crippen LogP contribution >= 0.6 is 11.3 Å². The zero-order valence-corrected chi connectivity index (χ0v) is 27.4. The second kappa shape index (κ2) is 12.1. The molecule has 13 heteroatoms. The SMILES string of the molecule is C=CC(=O)N1[C@H](C)CN(c2cc(-c3noc([C@@]4(C)CCCc5sc(N)c(C#N)c54)n3)nc(O[C@@H](C)[C@@H]3CCCN3C)n2)C[C@@H]1C. The lowest BCUT2D eigenvalue weighted by Crippen LogP contribution is -2.58. The standard InChI is InChI=1S/C32H41N9O3S/c1-7-26(42)41-18(2)16-40(17-19(41)3)25-14-22(35-31(36-25)43-20(4)23-10-9-13-39(23)6)29-37-30(44-38-29)32(5)12-8-11-24-27(32)21(15-33)28(34)45-24/h7,14,18-20,23H,1,8-13,16-17,34H2,2-6H3/t18-,19+,20-,23-,32-/m0/s1. The van der Waals surface area contributed by atoms with E-state index in [1.54, 1.807) is 0 Å². The molecule has 0 saturated carbocycles. The van der Waals surface area contributed by atoms with Crippen LogP contribution in [-0.2, 0) is 16.6 Å². The van der Waals surface area contributed by atoms with Crippen LogP contribution in [0.3, 0.4) is 0 Å². The summed E-state index contributed by atoms with van der Waals surface area (Å²) in [7, 11) is 2.12. The maximum atomic E-state index is 12.6. The molecule has 6 rings (SSSR count). The topological polar surface area (TPSA) is 151 Å². The van der Waals surface area contributed by atoms with E-state index in [1.807, 2.05) is 31.7 Å². The van der Waals surface area contributed by atoms with Crippen LogP contribution in [-0.4, -0.2) is 86.7 Å². The van der Waals surface area contributed by atoms with Gasteiger partial charge in [-0.1, -0.05) is 11.7 Å². The van der Waals surface area contributed by atoms with Crippen LogP contribution in [0.25, 0.3) is 11.5 Å². The van der Waals surface area contributed by atoms with E-state index in [-0.39, 0.29) is 36.1 Å². The first-order valence-electron chi connectivity index (χ1n) is 15.7. The van der Waals surface area contributed by atoms with Crippen molar-refractivity contribution >= 4 is 28.1 Å².